The predicted molar refractivity (Wildman–Crippen MR) is 82.3 cm³/mol. The van der Waals surface area contributed by atoms with Crippen LogP contribution in [0.4, 0.5) is 10.1 Å². The lowest BCUT2D eigenvalue weighted by Crippen LogP contribution is -2.37. The van der Waals surface area contributed by atoms with Crippen LogP contribution < -0.4 is 11.1 Å². The number of carbonyl (C=O) groups excluding carboxylic acids is 1. The molecule has 0 bridgehead atoms. The van der Waals surface area contributed by atoms with E-state index in [1.165, 1.54) is 12.1 Å². The standard InChI is InChI=1S/C14H17BrClFN2O/c15-10-6-8(17)7-11(16)13(10)19-14(20)9-4-2-1-3-5-12(9)18/h6-7,9,12H,1-5,18H2,(H,19,20). The zero-order valence-corrected chi connectivity index (χ0v) is 13.3. The number of halogens is 3. The van der Waals surface area contributed by atoms with Crippen LogP contribution in [0.5, 0.6) is 0 Å². The maximum absolute atomic E-state index is 13.2. The van der Waals surface area contributed by atoms with Crippen LogP contribution in [-0.2, 0) is 4.79 Å². The molecule has 1 aromatic carbocycles. The van der Waals surface area contributed by atoms with Gasteiger partial charge in [0.2, 0.25) is 5.91 Å². The third-order valence-corrected chi connectivity index (χ3v) is 4.58. The Hall–Kier alpha value is -0.650. The molecular formula is C14H17BrClFN2O. The highest BCUT2D eigenvalue weighted by molar-refractivity contribution is 9.10. The van der Waals surface area contributed by atoms with Crippen molar-refractivity contribution in [1.82, 2.24) is 0 Å². The van der Waals surface area contributed by atoms with E-state index in [0.29, 0.717) is 10.2 Å². The van der Waals surface area contributed by atoms with Crippen molar-refractivity contribution in [2.75, 3.05) is 5.32 Å². The van der Waals surface area contributed by atoms with Crippen LogP contribution in [0.3, 0.4) is 0 Å². The van der Waals surface area contributed by atoms with Crippen LogP contribution in [-0.4, -0.2) is 11.9 Å². The second kappa shape index (κ2) is 6.87. The lowest BCUT2D eigenvalue weighted by atomic mass is 9.94. The summed E-state index contributed by atoms with van der Waals surface area (Å²) in [5.41, 5.74) is 6.47. The van der Waals surface area contributed by atoms with Gasteiger partial charge in [-0.25, -0.2) is 4.39 Å². The van der Waals surface area contributed by atoms with Crippen LogP contribution in [0.2, 0.25) is 5.02 Å². The molecule has 1 saturated carbocycles. The van der Waals surface area contributed by atoms with Gasteiger partial charge >= 0.3 is 0 Å². The van der Waals surface area contributed by atoms with Gasteiger partial charge in [0.1, 0.15) is 5.82 Å². The molecule has 0 heterocycles. The molecule has 2 rings (SSSR count). The minimum Gasteiger partial charge on any atom is -0.327 e. The molecule has 0 radical (unpaired) electrons. The van der Waals surface area contributed by atoms with Gasteiger partial charge in [0, 0.05) is 10.5 Å². The van der Waals surface area contributed by atoms with E-state index in [1.54, 1.807) is 0 Å². The molecule has 1 amide bonds. The van der Waals surface area contributed by atoms with E-state index in [1.807, 2.05) is 0 Å². The summed E-state index contributed by atoms with van der Waals surface area (Å²) < 4.78 is 13.6. The van der Waals surface area contributed by atoms with E-state index in [0.717, 1.165) is 32.1 Å². The first-order chi connectivity index (χ1) is 9.49. The molecule has 0 aliphatic heterocycles. The molecule has 6 heteroatoms. The maximum Gasteiger partial charge on any atom is 0.229 e. The van der Waals surface area contributed by atoms with Crippen LogP contribution in [0.15, 0.2) is 16.6 Å². The highest BCUT2D eigenvalue weighted by Crippen LogP contribution is 2.33. The molecule has 0 spiro atoms. The van der Waals surface area contributed by atoms with Crippen molar-refractivity contribution in [1.29, 1.82) is 0 Å². The van der Waals surface area contributed by atoms with Crippen molar-refractivity contribution in [3.05, 3.63) is 27.4 Å². The third kappa shape index (κ3) is 3.71. The molecule has 110 valence electrons. The molecule has 2 unspecified atom stereocenters. The van der Waals surface area contributed by atoms with Crippen molar-refractivity contribution >= 4 is 39.1 Å². The van der Waals surface area contributed by atoms with Gasteiger partial charge in [0.15, 0.2) is 0 Å². The summed E-state index contributed by atoms with van der Waals surface area (Å²) in [6.45, 7) is 0. The fraction of sp³-hybridized carbons (Fsp3) is 0.500. The minimum atomic E-state index is -0.453. The second-order valence-corrected chi connectivity index (χ2v) is 6.40. The summed E-state index contributed by atoms with van der Waals surface area (Å²) in [4.78, 5) is 12.4. The number of nitrogens with two attached hydrogens (primary N) is 1. The Morgan fingerprint density at radius 1 is 1.35 bits per heavy atom. The van der Waals surface area contributed by atoms with Crippen LogP contribution in [0, 0.1) is 11.7 Å². The van der Waals surface area contributed by atoms with Gasteiger partial charge in [-0.3, -0.25) is 4.79 Å². The van der Waals surface area contributed by atoms with Gasteiger partial charge in [0.25, 0.3) is 0 Å². The van der Waals surface area contributed by atoms with Gasteiger partial charge in [-0.15, -0.1) is 0 Å². The molecule has 1 aliphatic rings. The molecule has 3 nitrogen and oxygen atoms in total. The van der Waals surface area contributed by atoms with Crippen LogP contribution >= 0.6 is 27.5 Å². The summed E-state index contributed by atoms with van der Waals surface area (Å²) in [5, 5.41) is 2.94. The fourth-order valence-corrected chi connectivity index (χ4v) is 3.44. The number of amides is 1. The third-order valence-electron chi connectivity index (χ3n) is 3.66. The molecular weight excluding hydrogens is 347 g/mol. The zero-order valence-electron chi connectivity index (χ0n) is 11.0. The SMILES string of the molecule is NC1CCCCCC1C(=O)Nc1c(Cl)cc(F)cc1Br. The van der Waals surface area contributed by atoms with Crippen molar-refractivity contribution in [3.8, 4) is 0 Å². The van der Waals surface area contributed by atoms with Gasteiger partial charge in [-0.1, -0.05) is 30.9 Å². The summed E-state index contributed by atoms with van der Waals surface area (Å²) in [7, 11) is 0. The first-order valence-electron chi connectivity index (χ1n) is 6.70. The molecule has 3 N–H and O–H groups in total. The summed E-state index contributed by atoms with van der Waals surface area (Å²) in [6.07, 6.45) is 4.81. The van der Waals surface area contributed by atoms with Crippen LogP contribution in [0.25, 0.3) is 0 Å². The average molecular weight is 364 g/mol. The van der Waals surface area contributed by atoms with Crippen molar-refractivity contribution < 1.29 is 9.18 Å². The monoisotopic (exact) mass is 362 g/mol. The van der Waals surface area contributed by atoms with E-state index in [9.17, 15) is 9.18 Å². The second-order valence-electron chi connectivity index (χ2n) is 5.14. The highest BCUT2D eigenvalue weighted by Gasteiger charge is 2.27. The van der Waals surface area contributed by atoms with Crippen molar-refractivity contribution in [3.63, 3.8) is 0 Å². The first kappa shape index (κ1) is 15.7. The number of benzene rings is 1. The van der Waals surface area contributed by atoms with Gasteiger partial charge in [-0.2, -0.15) is 0 Å². The number of nitrogens with one attached hydrogen (secondary N) is 1. The smallest absolute Gasteiger partial charge is 0.229 e. The summed E-state index contributed by atoms with van der Waals surface area (Å²) in [5.74, 6) is -0.815. The van der Waals surface area contributed by atoms with Gasteiger partial charge in [-0.05, 0) is 40.9 Å². The molecule has 1 aromatic rings. The Morgan fingerprint density at radius 3 is 2.75 bits per heavy atom. The summed E-state index contributed by atoms with van der Waals surface area (Å²) >= 11 is 9.18. The minimum absolute atomic E-state index is 0.129. The molecule has 1 fully saturated rings. The lowest BCUT2D eigenvalue weighted by molar-refractivity contribution is -0.120. The van der Waals surface area contributed by atoms with E-state index < -0.39 is 5.82 Å². The topological polar surface area (TPSA) is 55.1 Å². The predicted octanol–water partition coefficient (Wildman–Crippen LogP) is 4.09. The number of hydrogen-bond acceptors (Lipinski definition) is 2. The number of rotatable bonds is 2. The molecule has 2 atom stereocenters. The normalized spacial score (nSPS) is 23.2. The van der Waals surface area contributed by atoms with E-state index in [-0.39, 0.29) is 22.9 Å². The number of hydrogen-bond donors (Lipinski definition) is 2. The van der Waals surface area contributed by atoms with E-state index in [4.69, 9.17) is 17.3 Å². The molecule has 20 heavy (non-hydrogen) atoms. The lowest BCUT2D eigenvalue weighted by Gasteiger charge is -2.21. The highest BCUT2D eigenvalue weighted by atomic mass is 79.9. The first-order valence-corrected chi connectivity index (χ1v) is 7.87. The zero-order chi connectivity index (χ0) is 14.7. The van der Waals surface area contributed by atoms with E-state index >= 15 is 0 Å². The van der Waals surface area contributed by atoms with Crippen molar-refractivity contribution in [2.45, 2.75) is 38.1 Å². The van der Waals surface area contributed by atoms with Gasteiger partial charge in [0.05, 0.1) is 16.6 Å². The average Bonchev–Trinajstić information content (AvgIpc) is 2.58. The number of carbonyl (C=O) groups is 1. The Bertz CT molecular complexity index is 489. The Labute approximate surface area is 131 Å². The molecule has 1 aliphatic carbocycles. The quantitative estimate of drug-likeness (QED) is 0.778. The molecule has 0 aromatic heterocycles. The summed E-state index contributed by atoms with van der Waals surface area (Å²) in [6, 6.07) is 2.32. The Morgan fingerprint density at radius 2 is 2.05 bits per heavy atom. The van der Waals surface area contributed by atoms with Crippen LogP contribution in [0.1, 0.15) is 32.1 Å². The largest absolute Gasteiger partial charge is 0.327 e. The maximum atomic E-state index is 13.2. The van der Waals surface area contributed by atoms with Gasteiger partial charge < -0.3 is 11.1 Å². The van der Waals surface area contributed by atoms with E-state index in [2.05, 4.69) is 21.2 Å². The molecule has 0 saturated heterocycles. The number of anilines is 1. The fourth-order valence-electron chi connectivity index (χ4n) is 2.54. The Kier molecular flexibility index (Phi) is 5.41. The Balaban J connectivity index is 2.15. The van der Waals surface area contributed by atoms with Crippen molar-refractivity contribution in [2.24, 2.45) is 11.7 Å².